The maximum Gasteiger partial charge on any atom is 0.254 e. The van der Waals surface area contributed by atoms with E-state index < -0.39 is 6.04 Å². The van der Waals surface area contributed by atoms with Gasteiger partial charge < -0.3 is 14.8 Å². The number of aromatic nitrogens is 1. The molecule has 2 heterocycles. The van der Waals surface area contributed by atoms with E-state index in [1.165, 1.54) is 0 Å². The van der Waals surface area contributed by atoms with Crippen molar-refractivity contribution in [1.82, 2.24) is 9.88 Å². The van der Waals surface area contributed by atoms with Crippen LogP contribution in [0.15, 0.2) is 48.5 Å². The lowest BCUT2D eigenvalue weighted by atomic mass is 10.1. The summed E-state index contributed by atoms with van der Waals surface area (Å²) in [4.78, 5) is 32.6. The average molecular weight is 361 g/mol. The SMILES string of the molecule is Cc1[nH]c2ccc(C(=O)N(C)[C@H]3CCN(c4ccccc4)C3=O)cc2c1C. The first-order valence-electron chi connectivity index (χ1n) is 9.20. The molecule has 2 aromatic carbocycles. The second kappa shape index (κ2) is 6.58. The summed E-state index contributed by atoms with van der Waals surface area (Å²) in [5, 5.41) is 1.05. The highest BCUT2D eigenvalue weighted by atomic mass is 16.2. The van der Waals surface area contributed by atoms with Crippen LogP contribution in [0, 0.1) is 13.8 Å². The van der Waals surface area contributed by atoms with Crippen LogP contribution in [0.5, 0.6) is 0 Å². The Morgan fingerprint density at radius 2 is 1.89 bits per heavy atom. The van der Waals surface area contributed by atoms with Crippen LogP contribution in [0.4, 0.5) is 5.69 Å². The van der Waals surface area contributed by atoms with Gasteiger partial charge in [0, 0.05) is 41.4 Å². The van der Waals surface area contributed by atoms with Gasteiger partial charge >= 0.3 is 0 Å². The van der Waals surface area contributed by atoms with Crippen LogP contribution < -0.4 is 4.90 Å². The lowest BCUT2D eigenvalue weighted by Crippen LogP contribution is -2.43. The number of H-pyrrole nitrogens is 1. The van der Waals surface area contributed by atoms with Crippen molar-refractivity contribution in [3.63, 3.8) is 0 Å². The summed E-state index contributed by atoms with van der Waals surface area (Å²) in [7, 11) is 1.72. The Balaban J connectivity index is 1.57. The number of benzene rings is 2. The number of hydrogen-bond donors (Lipinski definition) is 1. The third kappa shape index (κ3) is 2.89. The summed E-state index contributed by atoms with van der Waals surface area (Å²) in [5.74, 6) is -0.143. The van der Waals surface area contributed by atoms with Gasteiger partial charge in [-0.25, -0.2) is 0 Å². The number of hydrogen-bond acceptors (Lipinski definition) is 2. The summed E-state index contributed by atoms with van der Waals surface area (Å²) in [6, 6.07) is 14.9. The summed E-state index contributed by atoms with van der Waals surface area (Å²) >= 11 is 0. The van der Waals surface area contributed by atoms with Crippen molar-refractivity contribution in [1.29, 1.82) is 0 Å². The number of aromatic amines is 1. The maximum atomic E-state index is 13.0. The fourth-order valence-electron chi connectivity index (χ4n) is 3.83. The van der Waals surface area contributed by atoms with Gasteiger partial charge in [-0.05, 0) is 56.2 Å². The Kier molecular flexibility index (Phi) is 4.22. The number of rotatable bonds is 3. The minimum absolute atomic E-state index is 0.0215. The van der Waals surface area contributed by atoms with E-state index in [2.05, 4.69) is 4.98 Å². The first kappa shape index (κ1) is 17.3. The van der Waals surface area contributed by atoms with Crippen molar-refractivity contribution < 1.29 is 9.59 Å². The minimum atomic E-state index is -0.428. The van der Waals surface area contributed by atoms with Crippen molar-refractivity contribution in [3.8, 4) is 0 Å². The molecule has 0 radical (unpaired) electrons. The van der Waals surface area contributed by atoms with Crippen LogP contribution in [0.2, 0.25) is 0 Å². The van der Waals surface area contributed by atoms with E-state index in [0.29, 0.717) is 18.5 Å². The first-order chi connectivity index (χ1) is 13.0. The van der Waals surface area contributed by atoms with Crippen molar-refractivity contribution in [2.75, 3.05) is 18.5 Å². The first-order valence-corrected chi connectivity index (χ1v) is 9.20. The quantitative estimate of drug-likeness (QED) is 0.774. The summed E-state index contributed by atoms with van der Waals surface area (Å²) in [6.45, 7) is 4.70. The van der Waals surface area contributed by atoms with Crippen LogP contribution in [-0.2, 0) is 4.79 Å². The predicted molar refractivity (Wildman–Crippen MR) is 107 cm³/mol. The largest absolute Gasteiger partial charge is 0.358 e. The minimum Gasteiger partial charge on any atom is -0.358 e. The molecule has 1 N–H and O–H groups in total. The molecule has 0 saturated carbocycles. The van der Waals surface area contributed by atoms with Gasteiger partial charge in [0.1, 0.15) is 6.04 Å². The molecule has 1 atom stereocenters. The molecule has 5 heteroatoms. The molecule has 1 aliphatic heterocycles. The Bertz CT molecular complexity index is 1020. The van der Waals surface area contributed by atoms with Gasteiger partial charge in [-0.2, -0.15) is 0 Å². The number of carbonyl (C=O) groups is 2. The standard InChI is InChI=1S/C22H23N3O2/c1-14-15(2)23-19-10-9-16(13-18(14)19)21(26)24(3)20-11-12-25(22(20)27)17-7-5-4-6-8-17/h4-10,13,20,23H,11-12H2,1-3H3/t20-/m0/s1. The number of fused-ring (bicyclic) bond motifs is 1. The Morgan fingerprint density at radius 1 is 1.15 bits per heavy atom. The monoisotopic (exact) mass is 361 g/mol. The Labute approximate surface area is 158 Å². The molecule has 27 heavy (non-hydrogen) atoms. The fourth-order valence-corrected chi connectivity index (χ4v) is 3.83. The van der Waals surface area contributed by atoms with Gasteiger partial charge in [0.15, 0.2) is 0 Å². The molecule has 0 aliphatic carbocycles. The van der Waals surface area contributed by atoms with Gasteiger partial charge in [-0.1, -0.05) is 18.2 Å². The lowest BCUT2D eigenvalue weighted by Gasteiger charge is -2.24. The number of amides is 2. The molecule has 5 nitrogen and oxygen atoms in total. The van der Waals surface area contributed by atoms with E-state index in [0.717, 1.165) is 27.8 Å². The average Bonchev–Trinajstić information content (AvgIpc) is 3.21. The van der Waals surface area contributed by atoms with E-state index in [1.54, 1.807) is 16.8 Å². The molecular formula is C22H23N3O2. The molecule has 0 unspecified atom stereocenters. The van der Waals surface area contributed by atoms with Gasteiger partial charge in [0.05, 0.1) is 0 Å². The Morgan fingerprint density at radius 3 is 2.63 bits per heavy atom. The zero-order chi connectivity index (χ0) is 19.1. The van der Waals surface area contributed by atoms with Gasteiger partial charge in [0.25, 0.3) is 5.91 Å². The van der Waals surface area contributed by atoms with Crippen molar-refractivity contribution in [2.24, 2.45) is 0 Å². The second-order valence-corrected chi connectivity index (χ2v) is 7.18. The van der Waals surface area contributed by atoms with E-state index in [-0.39, 0.29) is 11.8 Å². The molecule has 1 saturated heterocycles. The van der Waals surface area contributed by atoms with E-state index in [4.69, 9.17) is 0 Å². The van der Waals surface area contributed by atoms with E-state index in [9.17, 15) is 9.59 Å². The highest BCUT2D eigenvalue weighted by Crippen LogP contribution is 2.26. The maximum absolute atomic E-state index is 13.0. The number of nitrogens with zero attached hydrogens (tertiary/aromatic N) is 2. The molecule has 0 spiro atoms. The molecule has 1 fully saturated rings. The molecule has 0 bridgehead atoms. The number of aryl methyl sites for hydroxylation is 2. The van der Waals surface area contributed by atoms with Crippen LogP contribution in [-0.4, -0.2) is 41.3 Å². The van der Waals surface area contributed by atoms with Crippen molar-refractivity contribution in [2.45, 2.75) is 26.3 Å². The molecule has 1 aliphatic rings. The third-order valence-electron chi connectivity index (χ3n) is 5.59. The van der Waals surface area contributed by atoms with Crippen molar-refractivity contribution >= 4 is 28.4 Å². The Hall–Kier alpha value is -3.08. The zero-order valence-electron chi connectivity index (χ0n) is 15.8. The van der Waals surface area contributed by atoms with Crippen LogP contribution in [0.3, 0.4) is 0 Å². The lowest BCUT2D eigenvalue weighted by molar-refractivity contribution is -0.120. The van der Waals surface area contributed by atoms with Gasteiger partial charge in [-0.3, -0.25) is 9.59 Å². The molecule has 138 valence electrons. The zero-order valence-corrected chi connectivity index (χ0v) is 15.8. The highest BCUT2D eigenvalue weighted by Gasteiger charge is 2.37. The predicted octanol–water partition coefficient (Wildman–Crippen LogP) is 3.66. The molecule has 4 rings (SSSR count). The van der Waals surface area contributed by atoms with Crippen LogP contribution in [0.25, 0.3) is 10.9 Å². The van der Waals surface area contributed by atoms with E-state index >= 15 is 0 Å². The van der Waals surface area contributed by atoms with Crippen molar-refractivity contribution in [3.05, 3.63) is 65.4 Å². The number of likely N-dealkylation sites (N-methyl/N-ethyl adjacent to an activating group) is 1. The normalized spacial score (nSPS) is 16.9. The summed E-state index contributed by atoms with van der Waals surface area (Å²) in [6.07, 6.45) is 0.639. The molecule has 1 aromatic heterocycles. The van der Waals surface area contributed by atoms with Crippen LogP contribution in [0.1, 0.15) is 28.0 Å². The second-order valence-electron chi connectivity index (χ2n) is 7.18. The number of para-hydroxylation sites is 1. The number of anilines is 1. The fraction of sp³-hybridized carbons (Fsp3) is 0.273. The third-order valence-corrected chi connectivity index (χ3v) is 5.59. The molecular weight excluding hydrogens is 338 g/mol. The van der Waals surface area contributed by atoms with Gasteiger partial charge in [0.2, 0.25) is 5.91 Å². The smallest absolute Gasteiger partial charge is 0.254 e. The number of carbonyl (C=O) groups excluding carboxylic acids is 2. The number of nitrogens with one attached hydrogen (secondary N) is 1. The molecule has 2 amide bonds. The summed E-state index contributed by atoms with van der Waals surface area (Å²) < 4.78 is 0. The van der Waals surface area contributed by atoms with E-state index in [1.807, 2.05) is 62.4 Å². The van der Waals surface area contributed by atoms with Crippen LogP contribution >= 0.6 is 0 Å². The highest BCUT2D eigenvalue weighted by molar-refractivity contribution is 6.05. The topological polar surface area (TPSA) is 56.4 Å². The summed E-state index contributed by atoms with van der Waals surface area (Å²) in [5.41, 5.74) is 4.77. The van der Waals surface area contributed by atoms with Gasteiger partial charge in [-0.15, -0.1) is 0 Å². The molecule has 3 aromatic rings.